The van der Waals surface area contributed by atoms with Crippen LogP contribution in [-0.4, -0.2) is 24.4 Å². The summed E-state index contributed by atoms with van der Waals surface area (Å²) in [7, 11) is 1.79. The van der Waals surface area contributed by atoms with Crippen LogP contribution in [0.1, 0.15) is 21.7 Å². The third-order valence-electron chi connectivity index (χ3n) is 3.38. The van der Waals surface area contributed by atoms with E-state index in [-0.39, 0.29) is 5.91 Å². The number of hydrogen-bond donors (Lipinski definition) is 1. The van der Waals surface area contributed by atoms with Crippen molar-refractivity contribution in [1.29, 1.82) is 0 Å². The van der Waals surface area contributed by atoms with Crippen LogP contribution >= 0.6 is 0 Å². The molecule has 4 nitrogen and oxygen atoms in total. The minimum atomic E-state index is 0.0195. The number of fused-ring (bicyclic) bond motifs is 1. The van der Waals surface area contributed by atoms with Gasteiger partial charge in [-0.2, -0.15) is 0 Å². The molecule has 0 fully saturated rings. The van der Waals surface area contributed by atoms with E-state index in [1.165, 1.54) is 5.56 Å². The molecule has 4 heteroatoms. The summed E-state index contributed by atoms with van der Waals surface area (Å²) >= 11 is 0. The molecule has 0 unspecified atom stereocenters. The van der Waals surface area contributed by atoms with Crippen LogP contribution < -0.4 is 5.32 Å². The number of benzene rings is 1. The van der Waals surface area contributed by atoms with Gasteiger partial charge in [0.15, 0.2) is 0 Å². The van der Waals surface area contributed by atoms with Crippen LogP contribution in [0.5, 0.6) is 0 Å². The van der Waals surface area contributed by atoms with Crippen molar-refractivity contribution in [2.75, 3.05) is 18.9 Å². The summed E-state index contributed by atoms with van der Waals surface area (Å²) in [5, 5.41) is 3.29. The average molecular weight is 256 g/mol. The predicted molar refractivity (Wildman–Crippen MR) is 73.1 cm³/mol. The van der Waals surface area contributed by atoms with Crippen molar-refractivity contribution >= 4 is 11.6 Å². The number of carbonyl (C=O) groups is 1. The lowest BCUT2D eigenvalue weighted by atomic mass is 10.1. The molecule has 98 valence electrons. The van der Waals surface area contributed by atoms with Crippen molar-refractivity contribution in [2.24, 2.45) is 0 Å². The maximum Gasteiger partial charge on any atom is 0.254 e. The number of furan rings is 1. The lowest BCUT2D eigenvalue weighted by Gasteiger charge is -2.16. The smallest absolute Gasteiger partial charge is 0.254 e. The Kier molecular flexibility index (Phi) is 2.99. The average Bonchev–Trinajstić information content (AvgIpc) is 3.07. The fraction of sp³-hybridized carbons (Fsp3) is 0.267. The van der Waals surface area contributed by atoms with E-state index >= 15 is 0 Å². The zero-order valence-electron chi connectivity index (χ0n) is 10.8. The van der Waals surface area contributed by atoms with E-state index in [0.29, 0.717) is 6.54 Å². The Morgan fingerprint density at radius 2 is 2.32 bits per heavy atom. The molecule has 1 aliphatic rings. The van der Waals surface area contributed by atoms with Crippen molar-refractivity contribution < 1.29 is 9.21 Å². The summed E-state index contributed by atoms with van der Waals surface area (Å²) in [6, 6.07) is 9.54. The second kappa shape index (κ2) is 4.80. The molecule has 1 aliphatic heterocycles. The van der Waals surface area contributed by atoms with Crippen LogP contribution in [0.3, 0.4) is 0 Å². The molecule has 1 N–H and O–H groups in total. The van der Waals surface area contributed by atoms with Gasteiger partial charge in [-0.1, -0.05) is 0 Å². The Balaban J connectivity index is 1.76. The van der Waals surface area contributed by atoms with Gasteiger partial charge < -0.3 is 14.6 Å². The van der Waals surface area contributed by atoms with E-state index in [1.54, 1.807) is 18.2 Å². The Morgan fingerprint density at radius 3 is 3.11 bits per heavy atom. The van der Waals surface area contributed by atoms with E-state index < -0.39 is 0 Å². The summed E-state index contributed by atoms with van der Waals surface area (Å²) in [5.74, 6) is 0.810. The molecular weight excluding hydrogens is 240 g/mol. The van der Waals surface area contributed by atoms with Gasteiger partial charge in [0.2, 0.25) is 0 Å². The number of hydrogen-bond acceptors (Lipinski definition) is 3. The fourth-order valence-electron chi connectivity index (χ4n) is 2.37. The van der Waals surface area contributed by atoms with Gasteiger partial charge in [-0.05, 0) is 42.3 Å². The van der Waals surface area contributed by atoms with Crippen molar-refractivity contribution in [2.45, 2.75) is 13.0 Å². The van der Waals surface area contributed by atoms with Crippen molar-refractivity contribution in [3.05, 3.63) is 53.5 Å². The number of amides is 1. The maximum atomic E-state index is 12.3. The molecule has 0 atom stereocenters. The Morgan fingerprint density at radius 1 is 1.42 bits per heavy atom. The number of anilines is 1. The minimum Gasteiger partial charge on any atom is -0.467 e. The van der Waals surface area contributed by atoms with Crippen LogP contribution in [0.15, 0.2) is 41.0 Å². The van der Waals surface area contributed by atoms with Crippen molar-refractivity contribution in [1.82, 2.24) is 4.90 Å². The summed E-state index contributed by atoms with van der Waals surface area (Å²) in [6.45, 7) is 1.44. The highest BCUT2D eigenvalue weighted by Crippen LogP contribution is 2.23. The summed E-state index contributed by atoms with van der Waals surface area (Å²) < 4.78 is 5.26. The molecule has 1 aromatic carbocycles. The van der Waals surface area contributed by atoms with Gasteiger partial charge in [0.05, 0.1) is 12.8 Å². The topological polar surface area (TPSA) is 45.5 Å². The molecule has 3 rings (SSSR count). The summed E-state index contributed by atoms with van der Waals surface area (Å²) in [5.41, 5.74) is 3.10. The molecular formula is C15H16N2O2. The third-order valence-corrected chi connectivity index (χ3v) is 3.38. The third kappa shape index (κ3) is 2.34. The molecule has 1 amide bonds. The first-order chi connectivity index (χ1) is 9.24. The van der Waals surface area contributed by atoms with Crippen molar-refractivity contribution in [3.63, 3.8) is 0 Å². The standard InChI is InChI=1S/C15H16N2O2/c1-17(10-13-3-2-8-19-13)15(18)12-4-5-14-11(9-12)6-7-16-14/h2-5,8-9,16H,6-7,10H2,1H3. The molecule has 0 saturated carbocycles. The van der Waals surface area contributed by atoms with Gasteiger partial charge in [0.1, 0.15) is 5.76 Å². The van der Waals surface area contributed by atoms with Gasteiger partial charge in [-0.3, -0.25) is 4.79 Å². The number of carbonyl (C=O) groups excluding carboxylic acids is 1. The van der Waals surface area contributed by atoms with Crippen LogP contribution in [0, 0.1) is 0 Å². The monoisotopic (exact) mass is 256 g/mol. The highest BCUT2D eigenvalue weighted by molar-refractivity contribution is 5.94. The van der Waals surface area contributed by atoms with Crippen LogP contribution in [0.4, 0.5) is 5.69 Å². The van der Waals surface area contributed by atoms with E-state index in [9.17, 15) is 4.79 Å². The predicted octanol–water partition coefficient (Wildman–Crippen LogP) is 2.52. The first-order valence-electron chi connectivity index (χ1n) is 6.39. The lowest BCUT2D eigenvalue weighted by molar-refractivity contribution is 0.0775. The van der Waals surface area contributed by atoms with Crippen LogP contribution in [-0.2, 0) is 13.0 Å². The zero-order valence-corrected chi connectivity index (χ0v) is 10.8. The number of rotatable bonds is 3. The summed E-state index contributed by atoms with van der Waals surface area (Å²) in [4.78, 5) is 14.0. The molecule has 2 aromatic rings. The Labute approximate surface area is 112 Å². The molecule has 0 saturated heterocycles. The fourth-order valence-corrected chi connectivity index (χ4v) is 2.37. The highest BCUT2D eigenvalue weighted by atomic mass is 16.3. The Bertz CT molecular complexity index is 590. The molecule has 2 heterocycles. The van der Waals surface area contributed by atoms with E-state index in [2.05, 4.69) is 5.32 Å². The van der Waals surface area contributed by atoms with Crippen molar-refractivity contribution in [3.8, 4) is 0 Å². The highest BCUT2D eigenvalue weighted by Gasteiger charge is 2.16. The quantitative estimate of drug-likeness (QED) is 0.917. The molecule has 1 aromatic heterocycles. The molecule has 0 spiro atoms. The SMILES string of the molecule is CN(Cc1ccco1)C(=O)c1ccc2c(c1)CCN2. The zero-order chi connectivity index (χ0) is 13.2. The largest absolute Gasteiger partial charge is 0.467 e. The number of nitrogens with one attached hydrogen (secondary N) is 1. The first-order valence-corrected chi connectivity index (χ1v) is 6.39. The normalized spacial score (nSPS) is 12.9. The molecule has 0 aliphatic carbocycles. The number of nitrogens with zero attached hydrogens (tertiary/aromatic N) is 1. The van der Waals surface area contributed by atoms with Crippen LogP contribution in [0.25, 0.3) is 0 Å². The summed E-state index contributed by atoms with van der Waals surface area (Å²) in [6.07, 6.45) is 2.60. The van der Waals surface area contributed by atoms with Gasteiger partial charge in [0.25, 0.3) is 5.91 Å². The van der Waals surface area contributed by atoms with E-state index in [1.807, 2.05) is 30.3 Å². The van der Waals surface area contributed by atoms with E-state index in [0.717, 1.165) is 30.0 Å². The second-order valence-corrected chi connectivity index (χ2v) is 4.79. The molecule has 19 heavy (non-hydrogen) atoms. The lowest BCUT2D eigenvalue weighted by Crippen LogP contribution is -2.26. The van der Waals surface area contributed by atoms with Gasteiger partial charge >= 0.3 is 0 Å². The van der Waals surface area contributed by atoms with Gasteiger partial charge in [-0.15, -0.1) is 0 Å². The Hall–Kier alpha value is -2.23. The second-order valence-electron chi connectivity index (χ2n) is 4.79. The maximum absolute atomic E-state index is 12.3. The van der Waals surface area contributed by atoms with Crippen LogP contribution in [0.2, 0.25) is 0 Å². The minimum absolute atomic E-state index is 0.0195. The van der Waals surface area contributed by atoms with Gasteiger partial charge in [-0.25, -0.2) is 0 Å². The molecule has 0 radical (unpaired) electrons. The molecule has 0 bridgehead atoms. The van der Waals surface area contributed by atoms with E-state index in [4.69, 9.17) is 4.42 Å². The van der Waals surface area contributed by atoms with Gasteiger partial charge in [0, 0.05) is 24.8 Å². The first kappa shape index (κ1) is 11.8.